The highest BCUT2D eigenvalue weighted by molar-refractivity contribution is 5.95. The molecule has 0 N–H and O–H groups in total. The van der Waals surface area contributed by atoms with Crippen LogP contribution >= 0.6 is 0 Å². The number of amides is 1. The molecule has 1 spiro atoms. The van der Waals surface area contributed by atoms with Crippen molar-refractivity contribution in [2.75, 3.05) is 13.1 Å². The topological polar surface area (TPSA) is 38.8 Å². The summed E-state index contributed by atoms with van der Waals surface area (Å²) in [6.45, 7) is 3.57. The zero-order chi connectivity index (χ0) is 21.4. The number of rotatable bonds is 2. The number of nitrogens with zero attached hydrogens (tertiary/aromatic N) is 1. The molecule has 0 radical (unpaired) electrons. The highest BCUT2D eigenvalue weighted by Gasteiger charge is 2.42. The second-order valence-corrected chi connectivity index (χ2v) is 8.24. The van der Waals surface area contributed by atoms with Crippen LogP contribution in [-0.2, 0) is 11.3 Å². The second kappa shape index (κ2) is 7.82. The fraction of sp³-hybridized carbons (Fsp3) is 0.269. The SMILES string of the molecule is Cc1ccccc1C(=O)N1CCC2(CC1)OCc1cc(-c3cccc(F)c3)ccc1O2. The summed E-state index contributed by atoms with van der Waals surface area (Å²) >= 11 is 0. The van der Waals surface area contributed by atoms with E-state index in [0.717, 1.165) is 33.6 Å². The number of likely N-dealkylation sites (tertiary alicyclic amines) is 1. The van der Waals surface area contributed by atoms with Crippen LogP contribution in [0.15, 0.2) is 66.7 Å². The summed E-state index contributed by atoms with van der Waals surface area (Å²) < 4.78 is 26.0. The number of halogens is 1. The first-order valence-electron chi connectivity index (χ1n) is 10.6. The predicted octanol–water partition coefficient (Wildman–Crippen LogP) is 5.34. The Morgan fingerprint density at radius 3 is 2.52 bits per heavy atom. The highest BCUT2D eigenvalue weighted by atomic mass is 19.1. The number of piperidine rings is 1. The lowest BCUT2D eigenvalue weighted by molar-refractivity contribution is -0.225. The fourth-order valence-corrected chi connectivity index (χ4v) is 4.36. The highest BCUT2D eigenvalue weighted by Crippen LogP contribution is 2.39. The number of benzene rings is 3. The van der Waals surface area contributed by atoms with Crippen LogP contribution in [0.5, 0.6) is 5.75 Å². The molecule has 5 rings (SSSR count). The maximum absolute atomic E-state index is 13.6. The van der Waals surface area contributed by atoms with Crippen molar-refractivity contribution in [1.29, 1.82) is 0 Å². The van der Waals surface area contributed by atoms with Crippen molar-refractivity contribution < 1.29 is 18.7 Å². The minimum Gasteiger partial charge on any atom is -0.462 e. The molecule has 0 atom stereocenters. The van der Waals surface area contributed by atoms with Gasteiger partial charge in [-0.3, -0.25) is 4.79 Å². The Kier molecular flexibility index (Phi) is 4.98. The lowest BCUT2D eigenvalue weighted by atomic mass is 9.98. The summed E-state index contributed by atoms with van der Waals surface area (Å²) in [4.78, 5) is 14.8. The van der Waals surface area contributed by atoms with E-state index in [1.807, 2.05) is 60.4 Å². The first kappa shape index (κ1) is 19.8. The van der Waals surface area contributed by atoms with Crippen molar-refractivity contribution in [2.24, 2.45) is 0 Å². The minimum absolute atomic E-state index is 0.0592. The minimum atomic E-state index is -0.699. The van der Waals surface area contributed by atoms with Gasteiger partial charge in [0.15, 0.2) is 0 Å². The number of hydrogen-bond donors (Lipinski definition) is 0. The van der Waals surface area contributed by atoms with Crippen LogP contribution in [0.2, 0.25) is 0 Å². The molecule has 5 heteroatoms. The second-order valence-electron chi connectivity index (χ2n) is 8.24. The first-order valence-corrected chi connectivity index (χ1v) is 10.6. The molecule has 3 aromatic carbocycles. The molecule has 4 nitrogen and oxygen atoms in total. The Morgan fingerprint density at radius 2 is 1.74 bits per heavy atom. The van der Waals surface area contributed by atoms with Crippen molar-refractivity contribution in [1.82, 2.24) is 4.90 Å². The lowest BCUT2D eigenvalue weighted by Gasteiger charge is -2.44. The van der Waals surface area contributed by atoms with Crippen LogP contribution < -0.4 is 4.74 Å². The molecule has 31 heavy (non-hydrogen) atoms. The van der Waals surface area contributed by atoms with Gasteiger partial charge in [0.05, 0.1) is 6.61 Å². The molecule has 158 valence electrons. The molecule has 0 bridgehead atoms. The molecule has 2 aliphatic heterocycles. The smallest absolute Gasteiger partial charge is 0.254 e. The van der Waals surface area contributed by atoms with Gasteiger partial charge in [0.1, 0.15) is 11.6 Å². The Balaban J connectivity index is 1.29. The quantitative estimate of drug-likeness (QED) is 0.565. The van der Waals surface area contributed by atoms with E-state index in [-0.39, 0.29) is 11.7 Å². The molecular weight excluding hydrogens is 393 g/mol. The van der Waals surface area contributed by atoms with E-state index >= 15 is 0 Å². The van der Waals surface area contributed by atoms with Gasteiger partial charge in [-0.1, -0.05) is 36.4 Å². The Bertz CT molecular complexity index is 1140. The number of ether oxygens (including phenoxy) is 2. The standard InChI is InChI=1S/C26H24FNO3/c1-18-5-2-3-8-23(18)25(29)28-13-11-26(12-14-28)30-17-21-15-20(9-10-24(21)31-26)19-6-4-7-22(27)16-19/h2-10,15-16H,11-14,17H2,1H3. The number of aryl methyl sites for hydroxylation is 1. The van der Waals surface area contributed by atoms with E-state index in [0.29, 0.717) is 32.5 Å². The van der Waals surface area contributed by atoms with Crippen LogP contribution in [0.3, 0.4) is 0 Å². The molecule has 0 aliphatic carbocycles. The average Bonchev–Trinajstić information content (AvgIpc) is 2.79. The lowest BCUT2D eigenvalue weighted by Crippen LogP contribution is -2.52. The van der Waals surface area contributed by atoms with Gasteiger partial charge in [-0.15, -0.1) is 0 Å². The summed E-state index contributed by atoms with van der Waals surface area (Å²) in [5.74, 6) is -0.0988. The van der Waals surface area contributed by atoms with Crippen LogP contribution in [-0.4, -0.2) is 29.7 Å². The number of carbonyl (C=O) groups is 1. The summed E-state index contributed by atoms with van der Waals surface area (Å²) in [5.41, 5.74) is 4.44. The van der Waals surface area contributed by atoms with Crippen LogP contribution in [0.25, 0.3) is 11.1 Å². The largest absolute Gasteiger partial charge is 0.462 e. The fourth-order valence-electron chi connectivity index (χ4n) is 4.36. The van der Waals surface area contributed by atoms with E-state index in [4.69, 9.17) is 9.47 Å². The molecule has 1 fully saturated rings. The summed E-state index contributed by atoms with van der Waals surface area (Å²) in [6, 6.07) is 20.1. The van der Waals surface area contributed by atoms with Gasteiger partial charge in [0.2, 0.25) is 5.79 Å². The van der Waals surface area contributed by atoms with Gasteiger partial charge in [-0.2, -0.15) is 0 Å². The van der Waals surface area contributed by atoms with Crippen molar-refractivity contribution in [2.45, 2.75) is 32.2 Å². The third kappa shape index (κ3) is 3.81. The number of carbonyl (C=O) groups excluding carboxylic acids is 1. The Morgan fingerprint density at radius 1 is 0.968 bits per heavy atom. The molecule has 0 saturated carbocycles. The number of hydrogen-bond acceptors (Lipinski definition) is 3. The molecule has 2 heterocycles. The van der Waals surface area contributed by atoms with Crippen LogP contribution in [0.4, 0.5) is 4.39 Å². The Labute approximate surface area is 181 Å². The molecule has 3 aromatic rings. The van der Waals surface area contributed by atoms with Gasteiger partial charge in [-0.25, -0.2) is 4.39 Å². The van der Waals surface area contributed by atoms with E-state index < -0.39 is 5.79 Å². The maximum atomic E-state index is 13.6. The zero-order valence-corrected chi connectivity index (χ0v) is 17.4. The Hall–Kier alpha value is -3.18. The molecule has 0 unspecified atom stereocenters. The number of fused-ring (bicyclic) bond motifs is 1. The van der Waals surface area contributed by atoms with Crippen molar-refractivity contribution >= 4 is 5.91 Å². The van der Waals surface area contributed by atoms with Crippen molar-refractivity contribution in [3.8, 4) is 16.9 Å². The predicted molar refractivity (Wildman–Crippen MR) is 116 cm³/mol. The molecular formula is C26H24FNO3. The van der Waals surface area contributed by atoms with E-state index in [1.165, 1.54) is 12.1 Å². The van der Waals surface area contributed by atoms with Gasteiger partial charge in [0, 0.05) is 37.1 Å². The molecule has 2 aliphatic rings. The summed E-state index contributed by atoms with van der Waals surface area (Å²) in [7, 11) is 0. The van der Waals surface area contributed by atoms with Gasteiger partial charge >= 0.3 is 0 Å². The van der Waals surface area contributed by atoms with Gasteiger partial charge in [0.25, 0.3) is 5.91 Å². The van der Waals surface area contributed by atoms with E-state index in [1.54, 1.807) is 6.07 Å². The third-order valence-corrected chi connectivity index (χ3v) is 6.19. The third-order valence-electron chi connectivity index (χ3n) is 6.19. The summed E-state index contributed by atoms with van der Waals surface area (Å²) in [5, 5.41) is 0. The average molecular weight is 417 g/mol. The first-order chi connectivity index (χ1) is 15.0. The van der Waals surface area contributed by atoms with Crippen LogP contribution in [0, 0.1) is 12.7 Å². The van der Waals surface area contributed by atoms with Gasteiger partial charge in [-0.05, 0) is 53.9 Å². The molecule has 1 saturated heterocycles. The van der Waals surface area contributed by atoms with Crippen LogP contribution in [0.1, 0.15) is 34.3 Å². The summed E-state index contributed by atoms with van der Waals surface area (Å²) in [6.07, 6.45) is 1.24. The maximum Gasteiger partial charge on any atom is 0.254 e. The van der Waals surface area contributed by atoms with Gasteiger partial charge < -0.3 is 14.4 Å². The van der Waals surface area contributed by atoms with Crippen molar-refractivity contribution in [3.05, 3.63) is 89.2 Å². The zero-order valence-electron chi connectivity index (χ0n) is 17.4. The molecule has 1 amide bonds. The monoisotopic (exact) mass is 417 g/mol. The van der Waals surface area contributed by atoms with Crippen molar-refractivity contribution in [3.63, 3.8) is 0 Å². The molecule has 0 aromatic heterocycles. The van der Waals surface area contributed by atoms with E-state index in [9.17, 15) is 9.18 Å². The normalized spacial score (nSPS) is 17.2. The van der Waals surface area contributed by atoms with E-state index in [2.05, 4.69) is 0 Å².